The SMILES string of the molecule is C[C@@H]1C[C@H](C)CN(C(=O)c2ccccc2NC(=O)[C@H]2CC(=O)Nc3ccccc32)C1. The maximum absolute atomic E-state index is 13.2. The molecule has 3 amide bonds. The summed E-state index contributed by atoms with van der Waals surface area (Å²) in [6, 6.07) is 14.4. The van der Waals surface area contributed by atoms with Crippen LogP contribution in [-0.4, -0.2) is 35.7 Å². The first-order valence-electron chi connectivity index (χ1n) is 10.5. The molecular formula is C24H27N3O3. The number of piperidine rings is 1. The maximum atomic E-state index is 13.2. The Morgan fingerprint density at radius 2 is 1.67 bits per heavy atom. The Bertz CT molecular complexity index is 977. The van der Waals surface area contributed by atoms with Crippen LogP contribution in [0.5, 0.6) is 0 Å². The van der Waals surface area contributed by atoms with Gasteiger partial charge in [-0.3, -0.25) is 14.4 Å². The van der Waals surface area contributed by atoms with Crippen LogP contribution in [0.1, 0.15) is 48.5 Å². The van der Waals surface area contributed by atoms with Crippen LogP contribution in [0.2, 0.25) is 0 Å². The summed E-state index contributed by atoms with van der Waals surface area (Å²) < 4.78 is 0. The number of carbonyl (C=O) groups excluding carboxylic acids is 3. The van der Waals surface area contributed by atoms with Crippen LogP contribution < -0.4 is 10.6 Å². The van der Waals surface area contributed by atoms with Gasteiger partial charge in [-0.2, -0.15) is 0 Å². The molecule has 2 aromatic rings. The van der Waals surface area contributed by atoms with Gasteiger partial charge in [0.15, 0.2) is 0 Å². The number of anilines is 2. The molecule has 0 saturated carbocycles. The fourth-order valence-corrected chi connectivity index (χ4v) is 4.64. The molecule has 2 aliphatic heterocycles. The second-order valence-electron chi connectivity index (χ2n) is 8.58. The van der Waals surface area contributed by atoms with E-state index in [0.717, 1.165) is 25.1 Å². The largest absolute Gasteiger partial charge is 0.338 e. The Hall–Kier alpha value is -3.15. The molecule has 0 bridgehead atoms. The Labute approximate surface area is 176 Å². The van der Waals surface area contributed by atoms with Crippen molar-refractivity contribution in [2.75, 3.05) is 23.7 Å². The van der Waals surface area contributed by atoms with Gasteiger partial charge < -0.3 is 15.5 Å². The van der Waals surface area contributed by atoms with E-state index in [0.29, 0.717) is 28.8 Å². The van der Waals surface area contributed by atoms with E-state index in [4.69, 9.17) is 0 Å². The molecule has 6 nitrogen and oxygen atoms in total. The lowest BCUT2D eigenvalue weighted by molar-refractivity contribution is -0.123. The summed E-state index contributed by atoms with van der Waals surface area (Å²) in [5.41, 5.74) is 2.43. The number of benzene rings is 2. The summed E-state index contributed by atoms with van der Waals surface area (Å²) >= 11 is 0. The highest BCUT2D eigenvalue weighted by Gasteiger charge is 2.32. The molecule has 3 atom stereocenters. The number of nitrogens with zero attached hydrogens (tertiary/aromatic N) is 1. The lowest BCUT2D eigenvalue weighted by Gasteiger charge is -2.35. The first kappa shape index (κ1) is 20.1. The van der Waals surface area contributed by atoms with Crippen molar-refractivity contribution >= 4 is 29.1 Å². The molecule has 0 aromatic heterocycles. The summed E-state index contributed by atoms with van der Waals surface area (Å²) in [7, 11) is 0. The third-order valence-electron chi connectivity index (χ3n) is 5.89. The van der Waals surface area contributed by atoms with Crippen LogP contribution >= 0.6 is 0 Å². The van der Waals surface area contributed by atoms with Gasteiger partial charge in [0.25, 0.3) is 5.91 Å². The first-order valence-corrected chi connectivity index (χ1v) is 10.5. The average molecular weight is 405 g/mol. The molecule has 0 spiro atoms. The van der Waals surface area contributed by atoms with E-state index >= 15 is 0 Å². The van der Waals surface area contributed by atoms with Gasteiger partial charge in [-0.05, 0) is 42.0 Å². The standard InChI is InChI=1S/C24H27N3O3/c1-15-11-16(2)14-27(13-15)24(30)18-8-4-6-10-21(18)26-23(29)19-12-22(28)25-20-9-5-3-7-17(19)20/h3-10,15-16,19H,11-14H2,1-2H3,(H,25,28)(H,26,29)/t15-,16+,19-/m0/s1. The number of rotatable bonds is 3. The molecule has 30 heavy (non-hydrogen) atoms. The third kappa shape index (κ3) is 4.08. The molecule has 0 aliphatic carbocycles. The molecule has 156 valence electrons. The molecular weight excluding hydrogens is 378 g/mol. The van der Waals surface area contributed by atoms with Crippen molar-refractivity contribution in [1.29, 1.82) is 0 Å². The van der Waals surface area contributed by atoms with Crippen molar-refractivity contribution < 1.29 is 14.4 Å². The van der Waals surface area contributed by atoms with Gasteiger partial charge in [0.05, 0.1) is 17.2 Å². The zero-order valence-electron chi connectivity index (χ0n) is 17.4. The second kappa shape index (κ2) is 8.30. The molecule has 1 fully saturated rings. The summed E-state index contributed by atoms with van der Waals surface area (Å²) in [5.74, 6) is -0.208. The molecule has 2 aliphatic rings. The van der Waals surface area contributed by atoms with Crippen molar-refractivity contribution in [3.05, 3.63) is 59.7 Å². The van der Waals surface area contributed by atoms with Gasteiger partial charge in [-0.15, -0.1) is 0 Å². The lowest BCUT2D eigenvalue weighted by Crippen LogP contribution is -2.42. The number of para-hydroxylation sites is 2. The van der Waals surface area contributed by atoms with Crippen LogP contribution in [0, 0.1) is 11.8 Å². The van der Waals surface area contributed by atoms with Crippen molar-refractivity contribution in [3.8, 4) is 0 Å². The van der Waals surface area contributed by atoms with Gasteiger partial charge >= 0.3 is 0 Å². The number of hydrogen-bond acceptors (Lipinski definition) is 3. The molecule has 2 heterocycles. The normalized spacial score (nSPS) is 23.3. The van der Waals surface area contributed by atoms with E-state index in [1.54, 1.807) is 24.3 Å². The van der Waals surface area contributed by atoms with Gasteiger partial charge in [0, 0.05) is 25.2 Å². The lowest BCUT2D eigenvalue weighted by atomic mass is 9.89. The predicted octanol–water partition coefficient (Wildman–Crippen LogP) is 3.87. The zero-order valence-corrected chi connectivity index (χ0v) is 17.4. The minimum Gasteiger partial charge on any atom is -0.338 e. The van der Waals surface area contributed by atoms with Crippen molar-refractivity contribution in [2.24, 2.45) is 11.8 Å². The van der Waals surface area contributed by atoms with Crippen LogP contribution in [-0.2, 0) is 9.59 Å². The highest BCUT2D eigenvalue weighted by molar-refractivity contribution is 6.08. The molecule has 2 N–H and O–H groups in total. The summed E-state index contributed by atoms with van der Waals surface area (Å²) in [6.45, 7) is 5.77. The van der Waals surface area contributed by atoms with E-state index in [9.17, 15) is 14.4 Å². The average Bonchev–Trinajstić information content (AvgIpc) is 2.72. The number of fused-ring (bicyclic) bond motifs is 1. The van der Waals surface area contributed by atoms with Gasteiger partial charge in [0.1, 0.15) is 0 Å². The Balaban J connectivity index is 1.57. The third-order valence-corrected chi connectivity index (χ3v) is 5.89. The summed E-state index contributed by atoms with van der Waals surface area (Å²) in [6.07, 6.45) is 1.20. The topological polar surface area (TPSA) is 78.5 Å². The van der Waals surface area contributed by atoms with E-state index in [2.05, 4.69) is 24.5 Å². The van der Waals surface area contributed by atoms with Crippen LogP contribution in [0.15, 0.2) is 48.5 Å². The van der Waals surface area contributed by atoms with E-state index in [-0.39, 0.29) is 24.1 Å². The second-order valence-corrected chi connectivity index (χ2v) is 8.58. The van der Waals surface area contributed by atoms with Gasteiger partial charge in [-0.25, -0.2) is 0 Å². The quantitative estimate of drug-likeness (QED) is 0.814. The van der Waals surface area contributed by atoms with Gasteiger partial charge in [-0.1, -0.05) is 44.2 Å². The minimum absolute atomic E-state index is 0.0638. The highest BCUT2D eigenvalue weighted by Crippen LogP contribution is 2.33. The maximum Gasteiger partial charge on any atom is 0.255 e. The summed E-state index contributed by atoms with van der Waals surface area (Å²) in [4.78, 5) is 40.3. The molecule has 6 heteroatoms. The fraction of sp³-hybridized carbons (Fsp3) is 0.375. The van der Waals surface area contributed by atoms with Gasteiger partial charge in [0.2, 0.25) is 11.8 Å². The molecule has 0 unspecified atom stereocenters. The number of hydrogen-bond donors (Lipinski definition) is 2. The van der Waals surface area contributed by atoms with Crippen LogP contribution in [0.25, 0.3) is 0 Å². The van der Waals surface area contributed by atoms with Crippen molar-refractivity contribution in [3.63, 3.8) is 0 Å². The van der Waals surface area contributed by atoms with E-state index in [1.807, 2.05) is 29.2 Å². The fourth-order valence-electron chi connectivity index (χ4n) is 4.64. The van der Waals surface area contributed by atoms with Crippen molar-refractivity contribution in [1.82, 2.24) is 4.90 Å². The Morgan fingerprint density at radius 3 is 2.43 bits per heavy atom. The van der Waals surface area contributed by atoms with E-state index < -0.39 is 5.92 Å². The predicted molar refractivity (Wildman–Crippen MR) is 116 cm³/mol. The molecule has 0 radical (unpaired) electrons. The molecule has 4 rings (SSSR count). The molecule has 1 saturated heterocycles. The summed E-state index contributed by atoms with van der Waals surface area (Å²) in [5, 5.41) is 5.73. The number of carbonyl (C=O) groups is 3. The monoisotopic (exact) mass is 405 g/mol. The van der Waals surface area contributed by atoms with Crippen LogP contribution in [0.4, 0.5) is 11.4 Å². The van der Waals surface area contributed by atoms with Crippen LogP contribution in [0.3, 0.4) is 0 Å². The van der Waals surface area contributed by atoms with E-state index in [1.165, 1.54) is 0 Å². The highest BCUT2D eigenvalue weighted by atomic mass is 16.2. The first-order chi connectivity index (χ1) is 14.4. The minimum atomic E-state index is -0.590. The molecule has 2 aromatic carbocycles. The smallest absolute Gasteiger partial charge is 0.255 e. The van der Waals surface area contributed by atoms with Crippen molar-refractivity contribution in [2.45, 2.75) is 32.6 Å². The number of amides is 3. The number of nitrogens with one attached hydrogen (secondary N) is 2. The Morgan fingerprint density at radius 1 is 1.00 bits per heavy atom. The Kier molecular flexibility index (Phi) is 5.57. The zero-order chi connectivity index (χ0) is 21.3. The number of likely N-dealkylation sites (tertiary alicyclic amines) is 1.